The zero-order valence-electron chi connectivity index (χ0n) is 19.8. The normalized spacial score (nSPS) is 11.3. The minimum Gasteiger partial charge on any atom is -0.490 e. The number of likely N-dealkylation sites (N-methyl/N-ethyl adjacent to an activating group) is 1. The second-order valence-corrected chi connectivity index (χ2v) is 8.22. The molecular weight excluding hydrogens is 486 g/mol. The van der Waals surface area contributed by atoms with E-state index < -0.39 is 23.5 Å². The fraction of sp³-hybridized carbons (Fsp3) is 0.231. The van der Waals surface area contributed by atoms with E-state index in [9.17, 15) is 19.7 Å². The average Bonchev–Trinajstić information content (AvgIpc) is 2.90. The number of rotatable bonds is 11. The van der Waals surface area contributed by atoms with E-state index in [1.807, 2.05) is 30.3 Å². The second kappa shape index (κ2) is 12.6. The lowest BCUT2D eigenvalue weighted by atomic mass is 10.0. The Morgan fingerprint density at radius 1 is 1.08 bits per heavy atom. The Morgan fingerprint density at radius 3 is 2.42 bits per heavy atom. The third kappa shape index (κ3) is 6.73. The summed E-state index contributed by atoms with van der Waals surface area (Å²) in [5.74, 6) is -0.582. The van der Waals surface area contributed by atoms with Gasteiger partial charge in [0.15, 0.2) is 6.61 Å². The molecule has 0 aliphatic carbocycles. The number of nitrogens with zero attached hydrogens (tertiary/aromatic N) is 2. The van der Waals surface area contributed by atoms with Crippen LogP contribution in [0.5, 0.6) is 11.5 Å². The number of halogens is 1. The molecule has 0 radical (unpaired) electrons. The first kappa shape index (κ1) is 26.5. The number of carbonyl (C=O) groups is 2. The van der Waals surface area contributed by atoms with E-state index in [4.69, 9.17) is 21.1 Å². The maximum Gasteiger partial charge on any atom is 0.311 e. The molecule has 3 aromatic rings. The van der Waals surface area contributed by atoms with Crippen molar-refractivity contribution in [2.24, 2.45) is 0 Å². The highest BCUT2D eigenvalue weighted by Crippen LogP contribution is 2.31. The summed E-state index contributed by atoms with van der Waals surface area (Å²) in [6, 6.07) is 19.6. The molecular formula is C26H26ClN3O6. The lowest BCUT2D eigenvalue weighted by molar-refractivity contribution is -0.385. The first-order valence-electron chi connectivity index (χ1n) is 11.1. The molecule has 0 aliphatic heterocycles. The Bertz CT molecular complexity index is 1220. The fourth-order valence-electron chi connectivity index (χ4n) is 3.66. The minimum atomic E-state index is -0.837. The van der Waals surface area contributed by atoms with Crippen LogP contribution in [0, 0.1) is 10.1 Å². The summed E-state index contributed by atoms with van der Waals surface area (Å²) in [4.78, 5) is 38.4. The quantitative estimate of drug-likeness (QED) is 0.307. The number of nitro benzene ring substituents is 1. The van der Waals surface area contributed by atoms with Crippen LogP contribution >= 0.6 is 11.6 Å². The molecule has 3 aromatic carbocycles. The van der Waals surface area contributed by atoms with Gasteiger partial charge < -0.3 is 19.7 Å². The van der Waals surface area contributed by atoms with Gasteiger partial charge in [-0.2, -0.15) is 0 Å². The topological polar surface area (TPSA) is 111 Å². The van der Waals surface area contributed by atoms with Gasteiger partial charge in [0, 0.05) is 37.2 Å². The van der Waals surface area contributed by atoms with Gasteiger partial charge in [-0.15, -0.1) is 0 Å². The molecule has 0 bridgehead atoms. The number of ether oxygens (including phenoxy) is 2. The molecule has 0 unspecified atom stereocenters. The summed E-state index contributed by atoms with van der Waals surface area (Å²) in [5, 5.41) is 14.2. The van der Waals surface area contributed by atoms with E-state index in [0.717, 1.165) is 5.56 Å². The molecule has 1 atom stereocenters. The largest absolute Gasteiger partial charge is 0.490 e. The number of hydrogen-bond acceptors (Lipinski definition) is 6. The third-order valence-corrected chi connectivity index (χ3v) is 5.89. The molecule has 0 aliphatic rings. The molecule has 0 spiro atoms. The summed E-state index contributed by atoms with van der Waals surface area (Å²) in [6.07, 6.45) is 0.280. The molecule has 36 heavy (non-hydrogen) atoms. The van der Waals surface area contributed by atoms with Crippen molar-refractivity contribution in [2.45, 2.75) is 19.0 Å². The van der Waals surface area contributed by atoms with Gasteiger partial charge in [0.2, 0.25) is 11.7 Å². The van der Waals surface area contributed by atoms with Crippen LogP contribution in [-0.2, 0) is 22.6 Å². The summed E-state index contributed by atoms with van der Waals surface area (Å²) in [5.41, 5.74) is 1.33. The van der Waals surface area contributed by atoms with Gasteiger partial charge in [-0.25, -0.2) is 0 Å². The monoisotopic (exact) mass is 511 g/mol. The van der Waals surface area contributed by atoms with Crippen LogP contribution in [0.1, 0.15) is 11.1 Å². The van der Waals surface area contributed by atoms with Crippen LogP contribution in [0.4, 0.5) is 5.69 Å². The summed E-state index contributed by atoms with van der Waals surface area (Å²) < 4.78 is 10.7. The van der Waals surface area contributed by atoms with Crippen molar-refractivity contribution in [3.63, 3.8) is 0 Å². The molecule has 0 saturated carbocycles. The van der Waals surface area contributed by atoms with Crippen molar-refractivity contribution < 1.29 is 24.0 Å². The van der Waals surface area contributed by atoms with Crippen molar-refractivity contribution in [3.05, 3.63) is 99.1 Å². The van der Waals surface area contributed by atoms with Gasteiger partial charge in [-0.3, -0.25) is 19.7 Å². The van der Waals surface area contributed by atoms with E-state index in [2.05, 4.69) is 5.32 Å². The fourth-order valence-corrected chi connectivity index (χ4v) is 3.85. The minimum absolute atomic E-state index is 0.00480. The lowest BCUT2D eigenvalue weighted by Crippen LogP contribution is -2.51. The SMILES string of the molecule is CNC(=O)[C@H](Cc1ccccc1)N(Cc1ccccc1Cl)C(=O)COc1ccc([N+](=O)[O-])c(OC)c1. The Kier molecular flexibility index (Phi) is 9.24. The summed E-state index contributed by atoms with van der Waals surface area (Å²) in [6.45, 7) is -0.329. The van der Waals surface area contributed by atoms with E-state index in [0.29, 0.717) is 10.6 Å². The summed E-state index contributed by atoms with van der Waals surface area (Å²) >= 11 is 6.36. The lowest BCUT2D eigenvalue weighted by Gasteiger charge is -2.31. The zero-order chi connectivity index (χ0) is 26.1. The van der Waals surface area contributed by atoms with Crippen LogP contribution in [0.2, 0.25) is 5.02 Å². The smallest absolute Gasteiger partial charge is 0.311 e. The first-order chi connectivity index (χ1) is 17.3. The molecule has 188 valence electrons. The van der Waals surface area contributed by atoms with E-state index in [-0.39, 0.29) is 36.1 Å². The van der Waals surface area contributed by atoms with Crippen LogP contribution < -0.4 is 14.8 Å². The molecule has 0 saturated heterocycles. The summed E-state index contributed by atoms with van der Waals surface area (Å²) in [7, 11) is 2.82. The predicted molar refractivity (Wildman–Crippen MR) is 135 cm³/mol. The highest BCUT2D eigenvalue weighted by Gasteiger charge is 2.30. The number of nitrogens with one attached hydrogen (secondary N) is 1. The number of methoxy groups -OCH3 is 1. The van der Waals surface area contributed by atoms with Crippen LogP contribution in [-0.4, -0.2) is 48.4 Å². The van der Waals surface area contributed by atoms with E-state index in [1.165, 1.54) is 37.3 Å². The van der Waals surface area contributed by atoms with Crippen LogP contribution in [0.3, 0.4) is 0 Å². The van der Waals surface area contributed by atoms with Gasteiger partial charge >= 0.3 is 5.69 Å². The number of carbonyl (C=O) groups excluding carboxylic acids is 2. The highest BCUT2D eigenvalue weighted by molar-refractivity contribution is 6.31. The van der Waals surface area contributed by atoms with Gasteiger partial charge in [-0.05, 0) is 23.3 Å². The third-order valence-electron chi connectivity index (χ3n) is 5.53. The Labute approximate surface area is 213 Å². The van der Waals surface area contributed by atoms with E-state index >= 15 is 0 Å². The zero-order valence-corrected chi connectivity index (χ0v) is 20.6. The number of nitro groups is 1. The molecule has 0 heterocycles. The standard InChI is InChI=1S/C26H26ClN3O6/c1-28-26(32)23(14-18-8-4-3-5-9-18)29(16-19-10-6-7-11-21(19)27)25(31)17-36-20-12-13-22(30(33)34)24(15-20)35-2/h3-13,15,23H,14,16-17H2,1-2H3,(H,28,32)/t23-/m0/s1. The van der Waals surface area contributed by atoms with Crippen molar-refractivity contribution >= 4 is 29.1 Å². The van der Waals surface area contributed by atoms with Crippen LogP contribution in [0.25, 0.3) is 0 Å². The molecule has 9 nitrogen and oxygen atoms in total. The van der Waals surface area contributed by atoms with Crippen molar-refractivity contribution in [2.75, 3.05) is 20.8 Å². The van der Waals surface area contributed by atoms with Gasteiger partial charge in [-0.1, -0.05) is 60.1 Å². The Morgan fingerprint density at radius 2 is 1.78 bits per heavy atom. The van der Waals surface area contributed by atoms with Gasteiger partial charge in [0.05, 0.1) is 12.0 Å². The number of benzene rings is 3. The van der Waals surface area contributed by atoms with Gasteiger partial charge in [0.1, 0.15) is 11.8 Å². The second-order valence-electron chi connectivity index (χ2n) is 7.81. The maximum absolute atomic E-state index is 13.5. The van der Waals surface area contributed by atoms with Crippen LogP contribution in [0.15, 0.2) is 72.8 Å². The Hall–Kier alpha value is -4.11. The molecule has 3 rings (SSSR count). The predicted octanol–water partition coefficient (Wildman–Crippen LogP) is 4.02. The van der Waals surface area contributed by atoms with Crippen molar-refractivity contribution in [1.82, 2.24) is 10.2 Å². The molecule has 2 amide bonds. The highest BCUT2D eigenvalue weighted by atomic mass is 35.5. The molecule has 10 heteroatoms. The van der Waals surface area contributed by atoms with E-state index in [1.54, 1.807) is 24.3 Å². The molecule has 0 aromatic heterocycles. The number of amides is 2. The maximum atomic E-state index is 13.5. The van der Waals surface area contributed by atoms with Crippen molar-refractivity contribution in [3.8, 4) is 11.5 Å². The first-order valence-corrected chi connectivity index (χ1v) is 11.5. The Balaban J connectivity index is 1.89. The number of hydrogen-bond donors (Lipinski definition) is 1. The molecule has 0 fully saturated rings. The van der Waals surface area contributed by atoms with Crippen molar-refractivity contribution in [1.29, 1.82) is 0 Å². The van der Waals surface area contributed by atoms with Gasteiger partial charge in [0.25, 0.3) is 5.91 Å². The average molecular weight is 512 g/mol. The molecule has 1 N–H and O–H groups in total.